The Hall–Kier alpha value is -4.15. The molecule has 4 aromatic rings. The smallest absolute Gasteiger partial charge is 0.0923 e. The molecule has 0 radical (unpaired) electrons. The van der Waals surface area contributed by atoms with Gasteiger partial charge in [0, 0.05) is 0 Å². The van der Waals surface area contributed by atoms with Crippen molar-refractivity contribution < 1.29 is 0 Å². The van der Waals surface area contributed by atoms with Gasteiger partial charge in [-0.05, 0) is 40.3 Å². The first-order valence-corrected chi connectivity index (χ1v) is 10.8. The summed E-state index contributed by atoms with van der Waals surface area (Å²) in [5, 5.41) is 10.3. The van der Waals surface area contributed by atoms with Crippen molar-refractivity contribution in [1.82, 2.24) is 0 Å². The first-order valence-electron chi connectivity index (χ1n) is 10.8. The first kappa shape index (κ1) is 21.1. The summed E-state index contributed by atoms with van der Waals surface area (Å²) in [6, 6.07) is 43.6. The minimum Gasteiger partial charge on any atom is -0.197 e. The lowest BCUT2D eigenvalue weighted by molar-refractivity contribution is 0.739. The van der Waals surface area contributed by atoms with Gasteiger partial charge >= 0.3 is 0 Å². The third kappa shape index (κ3) is 4.94. The highest BCUT2D eigenvalue weighted by Crippen LogP contribution is 2.35. The molecule has 0 spiro atoms. The second kappa shape index (κ2) is 9.77. The molecule has 0 aliphatic heterocycles. The molecule has 0 unspecified atom stereocenters. The average molecular weight is 412 g/mol. The third-order valence-corrected chi connectivity index (χ3v) is 5.47. The van der Waals surface area contributed by atoms with Gasteiger partial charge < -0.3 is 0 Å². The minimum absolute atomic E-state index is 0.817. The van der Waals surface area contributed by atoms with E-state index in [1.54, 1.807) is 0 Å². The highest BCUT2D eigenvalue weighted by atomic mass is 14.3. The minimum atomic E-state index is -0.817. The summed E-state index contributed by atoms with van der Waals surface area (Å²) in [4.78, 5) is 0. The van der Waals surface area contributed by atoms with Gasteiger partial charge in [-0.2, -0.15) is 5.26 Å². The molecule has 1 nitrogen and oxygen atoms in total. The van der Waals surface area contributed by atoms with E-state index in [4.69, 9.17) is 0 Å². The molecule has 0 aliphatic carbocycles. The van der Waals surface area contributed by atoms with E-state index in [0.29, 0.717) is 0 Å². The Bertz CT molecular complexity index is 1070. The van der Waals surface area contributed by atoms with Crippen LogP contribution in [0, 0.1) is 16.7 Å². The fourth-order valence-electron chi connectivity index (χ4n) is 3.84. The molecule has 0 N–H and O–H groups in total. The van der Waals surface area contributed by atoms with E-state index in [-0.39, 0.29) is 0 Å². The SMILES string of the molecule is CC(C#N)(C=C(c1ccccc1)c1ccccc1)C=C(c1ccccc1)c1ccccc1. The van der Waals surface area contributed by atoms with E-state index in [0.717, 1.165) is 33.4 Å². The highest BCUT2D eigenvalue weighted by Gasteiger charge is 2.22. The summed E-state index contributed by atoms with van der Waals surface area (Å²) < 4.78 is 0. The standard InChI is InChI=1S/C31H25N/c1-31(24-32,22-29(25-14-6-2-7-15-25)26-16-8-3-9-17-26)23-30(27-18-10-4-11-19-27)28-20-12-5-13-21-28/h2-23H,1H3. The Morgan fingerprint density at radius 1 is 0.531 bits per heavy atom. The molecule has 0 bridgehead atoms. The molecular weight excluding hydrogens is 386 g/mol. The Morgan fingerprint density at radius 2 is 0.781 bits per heavy atom. The second-order valence-corrected chi connectivity index (χ2v) is 7.97. The lowest BCUT2D eigenvalue weighted by Crippen LogP contribution is -2.09. The number of rotatable bonds is 6. The second-order valence-electron chi connectivity index (χ2n) is 7.97. The van der Waals surface area contributed by atoms with Gasteiger partial charge in [0.25, 0.3) is 0 Å². The molecule has 4 aromatic carbocycles. The first-order chi connectivity index (χ1) is 15.7. The van der Waals surface area contributed by atoms with Crippen LogP contribution in [0.25, 0.3) is 11.1 Å². The molecule has 0 heterocycles. The van der Waals surface area contributed by atoms with E-state index >= 15 is 0 Å². The van der Waals surface area contributed by atoms with Crippen molar-refractivity contribution >= 4 is 11.1 Å². The van der Waals surface area contributed by atoms with Gasteiger partial charge in [-0.25, -0.2) is 0 Å². The van der Waals surface area contributed by atoms with Crippen LogP contribution in [0.5, 0.6) is 0 Å². The van der Waals surface area contributed by atoms with Crippen molar-refractivity contribution in [1.29, 1.82) is 5.26 Å². The zero-order chi connectivity index (χ0) is 22.2. The zero-order valence-corrected chi connectivity index (χ0v) is 18.1. The number of benzene rings is 4. The molecule has 0 saturated heterocycles. The molecule has 0 aliphatic rings. The van der Waals surface area contributed by atoms with Gasteiger partial charge in [-0.15, -0.1) is 0 Å². The van der Waals surface area contributed by atoms with Gasteiger partial charge in [0.15, 0.2) is 0 Å². The predicted molar refractivity (Wildman–Crippen MR) is 134 cm³/mol. The van der Waals surface area contributed by atoms with E-state index in [2.05, 4.69) is 66.8 Å². The van der Waals surface area contributed by atoms with Crippen LogP contribution in [0.1, 0.15) is 29.2 Å². The van der Waals surface area contributed by atoms with Gasteiger partial charge in [-0.3, -0.25) is 0 Å². The largest absolute Gasteiger partial charge is 0.197 e. The number of hydrogen-bond donors (Lipinski definition) is 0. The number of nitrogens with zero attached hydrogens (tertiary/aromatic N) is 1. The molecule has 32 heavy (non-hydrogen) atoms. The number of allylic oxidation sites excluding steroid dienone is 2. The summed E-state index contributed by atoms with van der Waals surface area (Å²) in [7, 11) is 0. The van der Waals surface area contributed by atoms with Crippen molar-refractivity contribution in [3.8, 4) is 6.07 Å². The van der Waals surface area contributed by atoms with E-state index in [9.17, 15) is 5.26 Å². The van der Waals surface area contributed by atoms with Crippen LogP contribution < -0.4 is 0 Å². The van der Waals surface area contributed by atoms with Crippen molar-refractivity contribution in [3.05, 3.63) is 156 Å². The van der Waals surface area contributed by atoms with Gasteiger partial charge in [-0.1, -0.05) is 133 Å². The van der Waals surface area contributed by atoms with Gasteiger partial charge in [0.1, 0.15) is 0 Å². The monoisotopic (exact) mass is 411 g/mol. The van der Waals surface area contributed by atoms with Crippen molar-refractivity contribution in [2.24, 2.45) is 5.41 Å². The Balaban J connectivity index is 1.91. The maximum absolute atomic E-state index is 10.3. The Kier molecular flexibility index (Phi) is 6.44. The molecule has 1 heteroatoms. The lowest BCUT2D eigenvalue weighted by atomic mass is 9.82. The van der Waals surface area contributed by atoms with E-state index in [1.165, 1.54) is 0 Å². The summed E-state index contributed by atoms with van der Waals surface area (Å²) in [5.41, 5.74) is 5.65. The molecule has 0 amide bonds. The van der Waals surface area contributed by atoms with Crippen LogP contribution in [0.3, 0.4) is 0 Å². The third-order valence-electron chi connectivity index (χ3n) is 5.47. The topological polar surface area (TPSA) is 23.8 Å². The van der Waals surface area contributed by atoms with Gasteiger partial charge in [0.05, 0.1) is 11.5 Å². The molecule has 0 atom stereocenters. The molecule has 154 valence electrons. The normalized spacial score (nSPS) is 10.6. The number of hydrogen-bond acceptors (Lipinski definition) is 1. The fourth-order valence-corrected chi connectivity index (χ4v) is 3.84. The van der Waals surface area contributed by atoms with Crippen LogP contribution >= 0.6 is 0 Å². The summed E-state index contributed by atoms with van der Waals surface area (Å²) in [6.45, 7) is 1.98. The molecule has 4 rings (SSSR count). The Morgan fingerprint density at radius 3 is 1.00 bits per heavy atom. The Labute approximate surface area is 190 Å². The summed E-state index contributed by atoms with van der Waals surface area (Å²) >= 11 is 0. The summed E-state index contributed by atoms with van der Waals surface area (Å²) in [5.74, 6) is 0. The quantitative estimate of drug-likeness (QED) is 0.318. The van der Waals surface area contributed by atoms with Gasteiger partial charge in [0.2, 0.25) is 0 Å². The maximum Gasteiger partial charge on any atom is 0.0923 e. The molecular formula is C31H25N. The van der Waals surface area contributed by atoms with E-state index < -0.39 is 5.41 Å². The van der Waals surface area contributed by atoms with Crippen LogP contribution in [0.15, 0.2) is 133 Å². The van der Waals surface area contributed by atoms with Crippen molar-refractivity contribution in [2.45, 2.75) is 6.92 Å². The molecule has 0 aromatic heterocycles. The molecule has 0 saturated carbocycles. The highest BCUT2D eigenvalue weighted by molar-refractivity contribution is 5.84. The average Bonchev–Trinajstić information content (AvgIpc) is 2.88. The number of nitriles is 1. The van der Waals surface area contributed by atoms with Crippen LogP contribution in [-0.4, -0.2) is 0 Å². The lowest BCUT2D eigenvalue weighted by Gasteiger charge is -2.20. The van der Waals surface area contributed by atoms with Crippen molar-refractivity contribution in [2.75, 3.05) is 0 Å². The molecule has 0 fully saturated rings. The van der Waals surface area contributed by atoms with Crippen LogP contribution in [0.2, 0.25) is 0 Å². The van der Waals surface area contributed by atoms with Crippen molar-refractivity contribution in [3.63, 3.8) is 0 Å². The summed E-state index contributed by atoms with van der Waals surface area (Å²) in [6.07, 6.45) is 4.17. The fraction of sp³-hybridized carbons (Fsp3) is 0.0645. The predicted octanol–water partition coefficient (Wildman–Crippen LogP) is 7.78. The van der Waals surface area contributed by atoms with Crippen LogP contribution in [0.4, 0.5) is 0 Å². The maximum atomic E-state index is 10.3. The van der Waals surface area contributed by atoms with Crippen LogP contribution in [-0.2, 0) is 0 Å². The van der Waals surface area contributed by atoms with E-state index in [1.807, 2.05) is 79.7 Å². The zero-order valence-electron chi connectivity index (χ0n) is 18.1.